The summed E-state index contributed by atoms with van der Waals surface area (Å²) in [5.41, 5.74) is 10.9. The first-order valence-electron chi connectivity index (χ1n) is 10.4. The molecule has 1 aliphatic heterocycles. The normalized spacial score (nSPS) is 18.1. The Morgan fingerprint density at radius 1 is 1.09 bits per heavy atom. The molecule has 33 heavy (non-hydrogen) atoms. The Labute approximate surface area is 195 Å². The monoisotopic (exact) mass is 489 g/mol. The number of carbonyl (C=O) groups excluding carboxylic acids is 4. The number of nitrogens with two attached hydrogens (primary N) is 2. The number of carboxylic acids is 2. The van der Waals surface area contributed by atoms with Crippen LogP contribution < -0.4 is 22.1 Å². The zero-order valence-electron chi connectivity index (χ0n) is 18.3. The Balaban J connectivity index is 2.88. The minimum atomic E-state index is -1.66. The Morgan fingerprint density at radius 3 is 2.30 bits per heavy atom. The van der Waals surface area contributed by atoms with Gasteiger partial charge in [-0.05, 0) is 37.7 Å². The van der Waals surface area contributed by atoms with Gasteiger partial charge in [0.25, 0.3) is 0 Å². The number of carbonyl (C=O) groups is 6. The largest absolute Gasteiger partial charge is 0.481 e. The molecule has 0 aromatic carbocycles. The van der Waals surface area contributed by atoms with Crippen LogP contribution >= 0.6 is 11.8 Å². The molecule has 0 bridgehead atoms. The fourth-order valence-electron chi connectivity index (χ4n) is 3.36. The number of hydrogen-bond acceptors (Lipinski definition) is 8. The first-order valence-corrected chi connectivity index (χ1v) is 11.8. The van der Waals surface area contributed by atoms with Gasteiger partial charge >= 0.3 is 11.9 Å². The van der Waals surface area contributed by atoms with Crippen molar-refractivity contribution in [2.75, 3.05) is 18.6 Å². The molecule has 4 unspecified atom stereocenters. The summed E-state index contributed by atoms with van der Waals surface area (Å²) in [4.78, 5) is 72.6. The topological polar surface area (TPSA) is 222 Å². The van der Waals surface area contributed by atoms with E-state index in [1.807, 2.05) is 0 Å². The molecule has 0 saturated carbocycles. The second-order valence-corrected chi connectivity index (χ2v) is 8.63. The highest BCUT2D eigenvalue weighted by atomic mass is 32.2. The maximum absolute atomic E-state index is 12.9. The van der Waals surface area contributed by atoms with Crippen molar-refractivity contribution in [3.05, 3.63) is 0 Å². The summed E-state index contributed by atoms with van der Waals surface area (Å²) in [5, 5.41) is 22.7. The minimum Gasteiger partial charge on any atom is -0.481 e. The van der Waals surface area contributed by atoms with Crippen molar-refractivity contribution in [2.45, 2.75) is 62.7 Å². The van der Waals surface area contributed by atoms with Crippen LogP contribution in [0.2, 0.25) is 0 Å². The number of aliphatic carboxylic acids is 2. The van der Waals surface area contributed by atoms with Gasteiger partial charge in [0.1, 0.15) is 18.1 Å². The lowest BCUT2D eigenvalue weighted by molar-refractivity contribution is -0.147. The van der Waals surface area contributed by atoms with Crippen LogP contribution in [0.4, 0.5) is 0 Å². The van der Waals surface area contributed by atoms with Crippen LogP contribution in [0.25, 0.3) is 0 Å². The van der Waals surface area contributed by atoms with E-state index in [9.17, 15) is 28.8 Å². The molecule has 1 rings (SSSR count). The van der Waals surface area contributed by atoms with Crippen LogP contribution in [0.5, 0.6) is 0 Å². The van der Waals surface area contributed by atoms with E-state index in [-0.39, 0.29) is 25.8 Å². The summed E-state index contributed by atoms with van der Waals surface area (Å²) in [6.07, 6.45) is 1.97. The fourth-order valence-corrected chi connectivity index (χ4v) is 3.83. The van der Waals surface area contributed by atoms with Crippen molar-refractivity contribution in [1.29, 1.82) is 0 Å². The zero-order valence-corrected chi connectivity index (χ0v) is 19.1. The van der Waals surface area contributed by atoms with E-state index in [1.54, 1.807) is 6.26 Å². The average molecular weight is 490 g/mol. The molecule has 0 spiro atoms. The molecule has 1 heterocycles. The number of nitrogens with zero attached hydrogens (tertiary/aromatic N) is 1. The van der Waals surface area contributed by atoms with E-state index in [2.05, 4.69) is 10.6 Å². The predicted octanol–water partition coefficient (Wildman–Crippen LogP) is -2.15. The van der Waals surface area contributed by atoms with Crippen molar-refractivity contribution in [2.24, 2.45) is 11.5 Å². The molecule has 1 aliphatic rings. The minimum absolute atomic E-state index is 0.0396. The average Bonchev–Trinajstić information content (AvgIpc) is 3.23. The van der Waals surface area contributed by atoms with Crippen LogP contribution in [0.15, 0.2) is 0 Å². The van der Waals surface area contributed by atoms with Crippen LogP contribution in [-0.2, 0) is 28.8 Å². The van der Waals surface area contributed by atoms with Gasteiger partial charge in [0.2, 0.25) is 23.6 Å². The lowest BCUT2D eigenvalue weighted by atomic mass is 10.1. The Hall–Kier alpha value is -2.87. The van der Waals surface area contributed by atoms with Crippen molar-refractivity contribution in [1.82, 2.24) is 15.5 Å². The molecule has 186 valence electrons. The highest BCUT2D eigenvalue weighted by Gasteiger charge is 2.38. The number of nitrogens with one attached hydrogen (secondary N) is 2. The van der Waals surface area contributed by atoms with Gasteiger partial charge in [0.15, 0.2) is 0 Å². The summed E-state index contributed by atoms with van der Waals surface area (Å²) in [6, 6.07) is -4.66. The summed E-state index contributed by atoms with van der Waals surface area (Å²) in [7, 11) is 0. The molecule has 14 heteroatoms. The molecule has 0 aromatic rings. The molecule has 0 aromatic heterocycles. The third-order valence-electron chi connectivity index (χ3n) is 5.09. The van der Waals surface area contributed by atoms with E-state index in [4.69, 9.17) is 21.7 Å². The van der Waals surface area contributed by atoms with Crippen LogP contribution in [0, 0.1) is 0 Å². The molecular weight excluding hydrogens is 458 g/mol. The summed E-state index contributed by atoms with van der Waals surface area (Å²) < 4.78 is 0. The van der Waals surface area contributed by atoms with Gasteiger partial charge in [0.05, 0.1) is 12.5 Å². The van der Waals surface area contributed by atoms with Gasteiger partial charge in [0, 0.05) is 13.0 Å². The number of thioether (sulfide) groups is 1. The predicted molar refractivity (Wildman–Crippen MR) is 118 cm³/mol. The van der Waals surface area contributed by atoms with Crippen LogP contribution in [0.3, 0.4) is 0 Å². The second-order valence-electron chi connectivity index (χ2n) is 7.64. The number of primary amides is 1. The number of carboxylic acid groups (broad SMARTS) is 2. The fraction of sp³-hybridized carbons (Fsp3) is 0.684. The number of hydrogen-bond donors (Lipinski definition) is 6. The maximum Gasteiger partial charge on any atom is 0.326 e. The van der Waals surface area contributed by atoms with Gasteiger partial charge in [-0.1, -0.05) is 0 Å². The second kappa shape index (κ2) is 13.6. The number of rotatable bonds is 14. The Kier molecular flexibility index (Phi) is 11.6. The Morgan fingerprint density at radius 2 is 1.76 bits per heavy atom. The van der Waals surface area contributed by atoms with Crippen LogP contribution in [0.1, 0.15) is 38.5 Å². The lowest BCUT2D eigenvalue weighted by Crippen LogP contribution is -2.57. The van der Waals surface area contributed by atoms with Gasteiger partial charge < -0.3 is 37.2 Å². The van der Waals surface area contributed by atoms with Crippen molar-refractivity contribution >= 4 is 47.3 Å². The molecule has 8 N–H and O–H groups in total. The zero-order chi connectivity index (χ0) is 25.1. The van der Waals surface area contributed by atoms with E-state index < -0.39 is 66.2 Å². The number of likely N-dealkylation sites (tertiary alicyclic amines) is 1. The summed E-state index contributed by atoms with van der Waals surface area (Å²) in [5.74, 6) is -5.00. The number of amides is 4. The quantitative estimate of drug-likeness (QED) is 0.155. The molecule has 0 radical (unpaired) electrons. The third-order valence-corrected chi connectivity index (χ3v) is 5.74. The van der Waals surface area contributed by atoms with Crippen molar-refractivity contribution in [3.8, 4) is 0 Å². The highest BCUT2D eigenvalue weighted by Crippen LogP contribution is 2.19. The summed E-state index contributed by atoms with van der Waals surface area (Å²) >= 11 is 1.40. The molecule has 1 saturated heterocycles. The molecule has 1 fully saturated rings. The lowest BCUT2D eigenvalue weighted by Gasteiger charge is -2.28. The SMILES string of the molecule is CSCCC(NC(=O)C1CCCN1C(=O)C(N)CCC(N)=O)C(=O)NC(CC(=O)O)C(=O)O. The smallest absolute Gasteiger partial charge is 0.326 e. The van der Waals surface area contributed by atoms with Crippen LogP contribution in [-0.4, -0.2) is 93.4 Å². The molecule has 4 amide bonds. The van der Waals surface area contributed by atoms with E-state index in [0.717, 1.165) is 0 Å². The first kappa shape index (κ1) is 28.2. The standard InChI is InChI=1S/C19H31N5O8S/c1-33-8-6-11(16(28)23-12(19(31)32)9-15(26)27)22-17(29)13-3-2-7-24(13)18(30)10(20)4-5-14(21)25/h10-13H,2-9,20H2,1H3,(H2,21,25)(H,22,29)(H,23,28)(H,26,27)(H,31,32). The first-order chi connectivity index (χ1) is 15.5. The van der Waals surface area contributed by atoms with Gasteiger partial charge in [-0.2, -0.15) is 11.8 Å². The highest BCUT2D eigenvalue weighted by molar-refractivity contribution is 7.98. The van der Waals surface area contributed by atoms with E-state index >= 15 is 0 Å². The van der Waals surface area contributed by atoms with Crippen molar-refractivity contribution < 1.29 is 39.0 Å². The molecular formula is C19H31N5O8S. The third kappa shape index (κ3) is 9.26. The molecule has 0 aliphatic carbocycles. The summed E-state index contributed by atoms with van der Waals surface area (Å²) in [6.45, 7) is 0.280. The van der Waals surface area contributed by atoms with Crippen molar-refractivity contribution in [3.63, 3.8) is 0 Å². The molecule has 4 atom stereocenters. The maximum atomic E-state index is 12.9. The van der Waals surface area contributed by atoms with Gasteiger partial charge in [-0.15, -0.1) is 0 Å². The van der Waals surface area contributed by atoms with E-state index in [1.165, 1.54) is 16.7 Å². The van der Waals surface area contributed by atoms with Gasteiger partial charge in [-0.3, -0.25) is 24.0 Å². The molecule has 13 nitrogen and oxygen atoms in total. The van der Waals surface area contributed by atoms with E-state index in [0.29, 0.717) is 18.6 Å². The Bertz CT molecular complexity index is 764. The van der Waals surface area contributed by atoms with Gasteiger partial charge in [-0.25, -0.2) is 4.79 Å².